The van der Waals surface area contributed by atoms with Crippen molar-refractivity contribution in [2.75, 3.05) is 0 Å². The summed E-state index contributed by atoms with van der Waals surface area (Å²) in [5.41, 5.74) is 0. The molecule has 0 N–H and O–H groups in total. The molecule has 0 aliphatic heterocycles. The van der Waals surface area contributed by atoms with E-state index in [9.17, 15) is 0 Å². The smallest absolute Gasteiger partial charge is 1.00 e. The Kier molecular flexibility index (Phi) is 363. The molecule has 6 heavy (non-hydrogen) atoms. The first-order valence-electron chi connectivity index (χ1n) is 0. The summed E-state index contributed by atoms with van der Waals surface area (Å²) in [6, 6.07) is 0. The van der Waals surface area contributed by atoms with Crippen LogP contribution in [0.25, 0.3) is 0 Å². The summed E-state index contributed by atoms with van der Waals surface area (Å²) in [5.74, 6) is 0. The Bertz CT molecular complexity index is 18.0. The zero-order chi connectivity index (χ0) is 0. The van der Waals surface area contributed by atoms with E-state index in [1.165, 1.54) is 0 Å². The molecule has 0 amide bonds. The summed E-state index contributed by atoms with van der Waals surface area (Å²) >= 11 is 0. The van der Waals surface area contributed by atoms with Crippen molar-refractivity contribution in [3.8, 4) is 0 Å². The first-order valence-corrected chi connectivity index (χ1v) is 0. The molecule has 0 saturated carbocycles. The van der Waals surface area contributed by atoms with Crippen LogP contribution in [0.3, 0.4) is 0 Å². The second kappa shape index (κ2) is 39.0. The van der Waals surface area contributed by atoms with Gasteiger partial charge in [0.2, 0.25) is 0 Å². The molecule has 0 atom stereocenters. The van der Waals surface area contributed by atoms with Gasteiger partial charge in [-0.15, -0.1) is 0 Å². The van der Waals surface area contributed by atoms with Crippen molar-refractivity contribution >= 4 is 79.9 Å². The third-order valence-corrected chi connectivity index (χ3v) is 0. The zero-order valence-corrected chi connectivity index (χ0v) is 12.8. The van der Waals surface area contributed by atoms with Gasteiger partial charge in [0.25, 0.3) is 0 Å². The van der Waals surface area contributed by atoms with E-state index in [0.29, 0.717) is 0 Å². The Labute approximate surface area is 115 Å². The molecule has 0 nitrogen and oxygen atoms in total. The summed E-state index contributed by atoms with van der Waals surface area (Å²) in [5, 5.41) is 0. The molecular formula is H2AlBeBi2Cu2. The molecule has 0 bridgehead atoms. The first-order chi connectivity index (χ1) is 0. The maximum atomic E-state index is 0. The third kappa shape index (κ3) is 25.8. The van der Waals surface area contributed by atoms with Crippen molar-refractivity contribution in [3.63, 3.8) is 0 Å². The van der Waals surface area contributed by atoms with Gasteiger partial charge in [-0.2, -0.15) is 0 Å². The molecule has 0 saturated heterocycles. The van der Waals surface area contributed by atoms with Gasteiger partial charge in [0, 0.05) is 104 Å². The number of rotatable bonds is 0. The average Bonchev–Trinajstić information content (AvgIpc) is 0. The van der Waals surface area contributed by atoms with E-state index >= 15 is 0 Å². The molecule has 0 aromatic carbocycles. The Balaban J connectivity index is 0. The molecule has 6 heteroatoms. The Morgan fingerprint density at radius 3 is 0.833 bits per heavy atom. The first kappa shape index (κ1) is 55.9. The predicted molar refractivity (Wildman–Crippen MR) is 25.2 cm³/mol. The van der Waals surface area contributed by atoms with Gasteiger partial charge in [0.1, 0.15) is 0 Å². The van der Waals surface area contributed by atoms with Gasteiger partial charge in [0.05, 0.1) is 0 Å². The van der Waals surface area contributed by atoms with Gasteiger partial charge >= 0.3 is 10.1 Å². The Hall–Kier alpha value is 3.51. The molecule has 39 valence electrons. The van der Waals surface area contributed by atoms with Crippen LogP contribution in [0, 0.1) is 0 Å². The van der Waals surface area contributed by atoms with E-state index < -0.39 is 0 Å². The molecule has 0 aliphatic rings. The van der Waals surface area contributed by atoms with Gasteiger partial charge in [-0.1, -0.05) is 0 Å². The monoisotopic (exact) mass is 582 g/mol. The van der Waals surface area contributed by atoms with Gasteiger partial charge < -0.3 is 2.85 Å². The molecule has 0 rings (SSSR count). The second-order valence-corrected chi connectivity index (χ2v) is 0. The van der Waals surface area contributed by atoms with Crippen LogP contribution in [0.1, 0.15) is 2.85 Å². The molecule has 11 radical (unpaired) electrons. The minimum absolute atomic E-state index is 0. The van der Waals surface area contributed by atoms with Crippen molar-refractivity contribution in [3.05, 3.63) is 0 Å². The predicted octanol–water partition coefficient (Wildman–Crippen LogP) is -1.30. The molecule has 0 spiro atoms. The van der Waals surface area contributed by atoms with Gasteiger partial charge in [-0.25, -0.2) is 0 Å². The van der Waals surface area contributed by atoms with Crippen LogP contribution in [0.4, 0.5) is 0 Å². The number of hydrogen-bond acceptors (Lipinski definition) is 0. The quantitative estimate of drug-likeness (QED) is 0.312. The summed E-state index contributed by atoms with van der Waals surface area (Å²) in [6.45, 7) is 0. The maximum Gasteiger partial charge on any atom is 2.00 e. The Morgan fingerprint density at radius 1 is 0.833 bits per heavy atom. The van der Waals surface area contributed by atoms with Crippen LogP contribution in [0.15, 0.2) is 0 Å². The fourth-order valence-corrected chi connectivity index (χ4v) is 0. The van der Waals surface area contributed by atoms with E-state index in [-0.39, 0.29) is 117 Å². The summed E-state index contributed by atoms with van der Waals surface area (Å²) in [7, 11) is 0. The fraction of sp³-hybridized carbons (Fsp3) is 0. The van der Waals surface area contributed by atoms with E-state index in [4.69, 9.17) is 0 Å². The van der Waals surface area contributed by atoms with E-state index in [2.05, 4.69) is 0 Å². The molecule has 0 aromatic heterocycles. The SMILES string of the molecule is [Al].[Be+2].[Bi].[Bi].[Cu].[Cu].[H-].[H-]. The van der Waals surface area contributed by atoms with Gasteiger partial charge in [0.15, 0.2) is 0 Å². The summed E-state index contributed by atoms with van der Waals surface area (Å²) in [4.78, 5) is 0. The normalized spacial score (nSPS) is 0. The fourth-order valence-electron chi connectivity index (χ4n) is 0. The minimum atomic E-state index is 0. The largest absolute Gasteiger partial charge is 2.00 e. The topological polar surface area (TPSA) is 0 Å². The summed E-state index contributed by atoms with van der Waals surface area (Å²) < 4.78 is 0. The van der Waals surface area contributed by atoms with Crippen LogP contribution in [-0.2, 0) is 34.1 Å². The van der Waals surface area contributed by atoms with E-state index in [0.717, 1.165) is 0 Å². The van der Waals surface area contributed by atoms with Crippen molar-refractivity contribution in [1.82, 2.24) is 0 Å². The van der Waals surface area contributed by atoms with E-state index in [1.807, 2.05) is 0 Å². The molecule has 0 aromatic rings. The van der Waals surface area contributed by atoms with Crippen molar-refractivity contribution < 1.29 is 37.0 Å². The second-order valence-electron chi connectivity index (χ2n) is 0. The van der Waals surface area contributed by atoms with E-state index in [1.54, 1.807) is 0 Å². The van der Waals surface area contributed by atoms with Crippen LogP contribution in [0.2, 0.25) is 0 Å². The van der Waals surface area contributed by atoms with Crippen LogP contribution < -0.4 is 0 Å². The summed E-state index contributed by atoms with van der Waals surface area (Å²) in [6.07, 6.45) is 0. The van der Waals surface area contributed by atoms with Crippen molar-refractivity contribution in [2.24, 2.45) is 0 Å². The average molecular weight is 583 g/mol. The maximum absolute atomic E-state index is 0. The van der Waals surface area contributed by atoms with Gasteiger partial charge in [-0.05, 0) is 0 Å². The molecule has 0 fully saturated rings. The van der Waals surface area contributed by atoms with Crippen LogP contribution >= 0.6 is 0 Å². The standard InChI is InChI=1S/Al.Be.2Bi.2Cu.2H/q;+2;;;;;2*-1. The Morgan fingerprint density at radius 2 is 0.833 bits per heavy atom. The molecule has 0 unspecified atom stereocenters. The van der Waals surface area contributed by atoms with Gasteiger partial charge in [-0.3, -0.25) is 0 Å². The number of hydrogen-bond donors (Lipinski definition) is 0. The van der Waals surface area contributed by atoms with Crippen molar-refractivity contribution in [2.45, 2.75) is 0 Å². The third-order valence-electron chi connectivity index (χ3n) is 0. The molecular weight excluding hydrogens is 581 g/mol. The van der Waals surface area contributed by atoms with Crippen LogP contribution in [0.5, 0.6) is 0 Å². The minimum Gasteiger partial charge on any atom is -1.00 e. The van der Waals surface area contributed by atoms with Crippen molar-refractivity contribution in [1.29, 1.82) is 0 Å². The molecule has 0 heterocycles. The van der Waals surface area contributed by atoms with Crippen LogP contribution in [-0.4, -0.2) is 79.9 Å². The zero-order valence-electron chi connectivity index (χ0n) is 4.78. The molecule has 0 aliphatic carbocycles.